The number of carbonyl (C=O) groups is 2. The number of ether oxygens (including phenoxy) is 1. The first kappa shape index (κ1) is 20.8. The van der Waals surface area contributed by atoms with E-state index in [1.54, 1.807) is 4.90 Å². The van der Waals surface area contributed by atoms with Gasteiger partial charge in [0.15, 0.2) is 0 Å². The quantitative estimate of drug-likeness (QED) is 0.846. The molecule has 24 heavy (non-hydrogen) atoms. The second kappa shape index (κ2) is 8.72. The van der Waals surface area contributed by atoms with Gasteiger partial charge in [0.25, 0.3) is 0 Å². The second-order valence-corrected chi connectivity index (χ2v) is 8.12. The first-order valence-corrected chi connectivity index (χ1v) is 9.44. The van der Waals surface area contributed by atoms with Crippen LogP contribution in [-0.2, 0) is 9.53 Å². The van der Waals surface area contributed by atoms with Crippen LogP contribution in [0.2, 0.25) is 0 Å². The third-order valence-electron chi connectivity index (χ3n) is 4.77. The van der Waals surface area contributed by atoms with Crippen LogP contribution in [0.5, 0.6) is 0 Å². The van der Waals surface area contributed by atoms with Crippen molar-refractivity contribution >= 4 is 12.0 Å². The number of carbonyl (C=O) groups excluding carboxylic acids is 2. The molecule has 2 aliphatic rings. The molecule has 0 spiro atoms. The Bertz CT molecular complexity index is 417. The van der Waals surface area contributed by atoms with Crippen LogP contribution in [0.4, 0.5) is 4.79 Å². The van der Waals surface area contributed by atoms with E-state index in [4.69, 9.17) is 4.74 Å². The summed E-state index contributed by atoms with van der Waals surface area (Å²) in [4.78, 5) is 26.0. The number of rotatable bonds is 3. The zero-order valence-electron chi connectivity index (χ0n) is 16.4. The molecule has 0 aromatic heterocycles. The number of hydrogen-bond donors (Lipinski definition) is 1. The van der Waals surface area contributed by atoms with E-state index in [1.165, 1.54) is 19.3 Å². The molecule has 5 nitrogen and oxygen atoms in total. The summed E-state index contributed by atoms with van der Waals surface area (Å²) in [5.74, 6) is 0.180. The zero-order chi connectivity index (χ0) is 18.4. The van der Waals surface area contributed by atoms with Crippen LogP contribution in [-0.4, -0.2) is 42.1 Å². The molecule has 0 atom stereocenters. The number of nitrogens with zero attached hydrogens (tertiary/aromatic N) is 1. The van der Waals surface area contributed by atoms with Crippen LogP contribution in [0.15, 0.2) is 0 Å². The van der Waals surface area contributed by atoms with Gasteiger partial charge >= 0.3 is 6.09 Å². The van der Waals surface area contributed by atoms with E-state index in [0.717, 1.165) is 19.4 Å². The van der Waals surface area contributed by atoms with Gasteiger partial charge in [0.2, 0.25) is 5.91 Å². The third-order valence-corrected chi connectivity index (χ3v) is 4.77. The van der Waals surface area contributed by atoms with Crippen molar-refractivity contribution < 1.29 is 14.3 Å². The summed E-state index contributed by atoms with van der Waals surface area (Å²) < 4.78 is 5.37. The highest BCUT2D eigenvalue weighted by Crippen LogP contribution is 2.39. The van der Waals surface area contributed by atoms with Crippen LogP contribution in [0.1, 0.15) is 73.6 Å². The van der Waals surface area contributed by atoms with E-state index in [1.807, 2.05) is 34.6 Å². The Balaban J connectivity index is 0.00000139. The monoisotopic (exact) mass is 340 g/mol. The molecule has 0 unspecified atom stereocenters. The Morgan fingerprint density at radius 1 is 1.17 bits per heavy atom. The fraction of sp³-hybridized carbons (Fsp3) is 0.895. The average molecular weight is 341 g/mol. The summed E-state index contributed by atoms with van der Waals surface area (Å²) in [5.41, 5.74) is -0.156. The Labute approximate surface area is 147 Å². The largest absolute Gasteiger partial charge is 0.444 e. The Morgan fingerprint density at radius 2 is 1.71 bits per heavy atom. The van der Waals surface area contributed by atoms with Gasteiger partial charge in [-0.25, -0.2) is 4.79 Å². The maximum Gasteiger partial charge on any atom is 0.410 e. The van der Waals surface area contributed by atoms with Gasteiger partial charge in [-0.15, -0.1) is 0 Å². The van der Waals surface area contributed by atoms with Crippen LogP contribution >= 0.6 is 0 Å². The number of likely N-dealkylation sites (tertiary alicyclic amines) is 1. The van der Waals surface area contributed by atoms with Crippen molar-refractivity contribution in [2.75, 3.05) is 19.6 Å². The standard InChI is InChI=1S/C17H30N2O3.C2H6/c1-16(2,3)22-15(21)19-10-6-13(7-11-19)14(20)18-12-17(4)8-5-9-17;1-2/h13H,5-12H2,1-4H3,(H,18,20);1-2H3. The summed E-state index contributed by atoms with van der Waals surface area (Å²) in [6, 6.07) is 0. The molecule has 1 N–H and O–H groups in total. The van der Waals surface area contributed by atoms with E-state index in [-0.39, 0.29) is 17.9 Å². The SMILES string of the molecule is CC.CC1(CNC(=O)C2CCN(C(=O)OC(C)(C)C)CC2)CCC1. The molecule has 1 aliphatic heterocycles. The van der Waals surface area contributed by atoms with Gasteiger partial charge < -0.3 is 15.0 Å². The lowest BCUT2D eigenvalue weighted by Gasteiger charge is -2.39. The highest BCUT2D eigenvalue weighted by molar-refractivity contribution is 5.79. The lowest BCUT2D eigenvalue weighted by atomic mass is 9.70. The van der Waals surface area contributed by atoms with E-state index in [9.17, 15) is 9.59 Å². The minimum atomic E-state index is -0.469. The summed E-state index contributed by atoms with van der Waals surface area (Å²) in [5, 5.41) is 3.10. The van der Waals surface area contributed by atoms with E-state index in [2.05, 4.69) is 12.2 Å². The minimum absolute atomic E-state index is 0.0300. The first-order chi connectivity index (χ1) is 11.2. The summed E-state index contributed by atoms with van der Waals surface area (Å²) in [6.45, 7) is 13.8. The van der Waals surface area contributed by atoms with Crippen LogP contribution < -0.4 is 5.32 Å². The van der Waals surface area contributed by atoms with Crippen molar-refractivity contribution in [2.45, 2.75) is 79.2 Å². The smallest absolute Gasteiger partial charge is 0.410 e. The molecule has 0 aromatic rings. The van der Waals surface area contributed by atoms with Gasteiger partial charge in [0.1, 0.15) is 5.60 Å². The molecule has 0 bridgehead atoms. The molecule has 2 amide bonds. The zero-order valence-corrected chi connectivity index (χ0v) is 16.4. The molecule has 1 aliphatic carbocycles. The molecule has 2 rings (SSSR count). The summed E-state index contributed by atoms with van der Waals surface area (Å²) >= 11 is 0. The second-order valence-electron chi connectivity index (χ2n) is 8.12. The third kappa shape index (κ3) is 6.33. The van der Waals surface area contributed by atoms with Gasteiger partial charge in [-0.3, -0.25) is 4.79 Å². The molecular weight excluding hydrogens is 304 g/mol. The minimum Gasteiger partial charge on any atom is -0.444 e. The van der Waals surface area contributed by atoms with Gasteiger partial charge in [0.05, 0.1) is 0 Å². The molecule has 1 heterocycles. The maximum atomic E-state index is 12.2. The molecule has 2 fully saturated rings. The number of piperidine rings is 1. The van der Waals surface area contributed by atoms with Gasteiger partial charge in [-0.1, -0.05) is 27.2 Å². The number of hydrogen-bond acceptors (Lipinski definition) is 3. The molecule has 140 valence electrons. The van der Waals surface area contributed by atoms with Crippen molar-refractivity contribution in [3.8, 4) is 0 Å². The van der Waals surface area contributed by atoms with E-state index >= 15 is 0 Å². The normalized spacial score (nSPS) is 20.3. The maximum absolute atomic E-state index is 12.2. The molecular formula is C19H36N2O3. The fourth-order valence-electron chi connectivity index (χ4n) is 3.05. The molecule has 5 heteroatoms. The van der Waals surface area contributed by atoms with Crippen molar-refractivity contribution in [3.63, 3.8) is 0 Å². The van der Waals surface area contributed by atoms with Gasteiger partial charge in [0, 0.05) is 25.6 Å². The molecule has 0 radical (unpaired) electrons. The highest BCUT2D eigenvalue weighted by Gasteiger charge is 2.34. The molecule has 1 saturated heterocycles. The van der Waals surface area contributed by atoms with Gasteiger partial charge in [-0.2, -0.15) is 0 Å². The van der Waals surface area contributed by atoms with Crippen molar-refractivity contribution in [1.29, 1.82) is 0 Å². The van der Waals surface area contributed by atoms with E-state index < -0.39 is 5.60 Å². The number of nitrogens with one attached hydrogen (secondary N) is 1. The summed E-state index contributed by atoms with van der Waals surface area (Å²) in [7, 11) is 0. The van der Waals surface area contributed by atoms with Crippen LogP contribution in [0.25, 0.3) is 0 Å². The van der Waals surface area contributed by atoms with Crippen molar-refractivity contribution in [3.05, 3.63) is 0 Å². The number of amides is 2. The Hall–Kier alpha value is -1.26. The van der Waals surface area contributed by atoms with Crippen LogP contribution in [0, 0.1) is 11.3 Å². The Morgan fingerprint density at radius 3 is 2.12 bits per heavy atom. The predicted octanol–water partition coefficient (Wildman–Crippen LogP) is 3.97. The van der Waals surface area contributed by atoms with E-state index in [0.29, 0.717) is 18.5 Å². The van der Waals surface area contributed by atoms with Crippen molar-refractivity contribution in [2.24, 2.45) is 11.3 Å². The molecule has 0 aromatic carbocycles. The molecule has 1 saturated carbocycles. The van der Waals surface area contributed by atoms with Crippen LogP contribution in [0.3, 0.4) is 0 Å². The van der Waals surface area contributed by atoms with Crippen molar-refractivity contribution in [1.82, 2.24) is 10.2 Å². The average Bonchev–Trinajstić information content (AvgIpc) is 2.51. The lowest BCUT2D eigenvalue weighted by Crippen LogP contribution is -2.47. The first-order valence-electron chi connectivity index (χ1n) is 9.44. The van der Waals surface area contributed by atoms with Gasteiger partial charge in [-0.05, 0) is 51.9 Å². The Kier molecular flexibility index (Phi) is 7.56. The topological polar surface area (TPSA) is 58.6 Å². The highest BCUT2D eigenvalue weighted by atomic mass is 16.6. The lowest BCUT2D eigenvalue weighted by molar-refractivity contribution is -0.127. The summed E-state index contributed by atoms with van der Waals surface area (Å²) in [6.07, 6.45) is 4.88. The fourth-order valence-corrected chi connectivity index (χ4v) is 3.05. The predicted molar refractivity (Wildman–Crippen MR) is 96.8 cm³/mol.